The van der Waals surface area contributed by atoms with E-state index in [0.717, 1.165) is 16.7 Å². The third-order valence-corrected chi connectivity index (χ3v) is 6.99. The molecule has 5 rings (SSSR count). The smallest absolute Gasteiger partial charge is 0.336 e. The summed E-state index contributed by atoms with van der Waals surface area (Å²) in [7, 11) is 0. The molecule has 42 heavy (non-hydrogen) atoms. The number of benzene rings is 4. The van der Waals surface area contributed by atoms with Gasteiger partial charge in [0.25, 0.3) is 12.3 Å². The summed E-state index contributed by atoms with van der Waals surface area (Å²) in [4.78, 5) is 28.9. The summed E-state index contributed by atoms with van der Waals surface area (Å²) in [6, 6.07) is 22.0. The summed E-state index contributed by atoms with van der Waals surface area (Å²) in [5, 5.41) is 13.2. The normalized spacial score (nSPS) is 11.1. The van der Waals surface area contributed by atoms with E-state index in [1.165, 1.54) is 12.1 Å². The number of hydrogen-bond donors (Lipinski definition) is 2. The molecule has 0 unspecified atom stereocenters. The first kappa shape index (κ1) is 28.4. The number of rotatable bonds is 7. The predicted octanol–water partition coefficient (Wildman–Crippen LogP) is 8.82. The molecule has 0 saturated heterocycles. The van der Waals surface area contributed by atoms with Crippen molar-refractivity contribution in [1.82, 2.24) is 4.98 Å². The summed E-state index contributed by atoms with van der Waals surface area (Å²) in [5.41, 5.74) is 4.88. The van der Waals surface area contributed by atoms with Crippen molar-refractivity contribution >= 4 is 28.5 Å². The number of hydrogen-bond acceptors (Lipinski definition) is 4. The van der Waals surface area contributed by atoms with Crippen molar-refractivity contribution in [3.63, 3.8) is 0 Å². The summed E-state index contributed by atoms with van der Waals surface area (Å²) in [5.74, 6) is -0.435. The van der Waals surface area contributed by atoms with Crippen LogP contribution in [-0.4, -0.2) is 22.0 Å². The van der Waals surface area contributed by atoms with Crippen molar-refractivity contribution in [2.45, 2.75) is 34.1 Å². The Morgan fingerprint density at radius 2 is 1.52 bits per heavy atom. The van der Waals surface area contributed by atoms with Crippen LogP contribution in [0.5, 0.6) is 11.5 Å². The number of carbonyl (C=O) groups is 2. The molecular weight excluding hydrogens is 538 g/mol. The Hall–Kier alpha value is -5.11. The van der Waals surface area contributed by atoms with Crippen LogP contribution in [0.3, 0.4) is 0 Å². The summed E-state index contributed by atoms with van der Waals surface area (Å²) in [6.45, 7) is 7.35. The van der Waals surface area contributed by atoms with Crippen LogP contribution < -0.4 is 10.1 Å². The molecule has 6 nitrogen and oxygen atoms in total. The van der Waals surface area contributed by atoms with E-state index in [4.69, 9.17) is 4.74 Å². The van der Waals surface area contributed by atoms with Crippen molar-refractivity contribution in [3.8, 4) is 22.6 Å². The van der Waals surface area contributed by atoms with Crippen LogP contribution in [0.15, 0.2) is 78.9 Å². The first-order valence-electron chi connectivity index (χ1n) is 13.2. The Bertz CT molecular complexity index is 1850. The fraction of sp³-hybridized carbons (Fsp3) is 0.147. The molecule has 0 aliphatic heterocycles. The van der Waals surface area contributed by atoms with Gasteiger partial charge in [0.1, 0.15) is 17.2 Å². The average molecular weight is 567 g/mol. The zero-order chi connectivity index (χ0) is 30.1. The van der Waals surface area contributed by atoms with Crippen molar-refractivity contribution in [3.05, 3.63) is 118 Å². The second kappa shape index (κ2) is 11.4. The van der Waals surface area contributed by atoms with Crippen LogP contribution in [0.4, 0.5) is 14.5 Å². The molecule has 8 heteroatoms. The first-order chi connectivity index (χ1) is 20.0. The Morgan fingerprint density at radius 1 is 0.810 bits per heavy atom. The van der Waals surface area contributed by atoms with Crippen LogP contribution >= 0.6 is 0 Å². The SMILES string of the molecule is Cc1ccc(C(=O)Nc2ccc(Oc3cc(C)c4nc(C(F)F)cc(-c5cc(C)ccc5C(=O)O)c4c3)c(C)c2)cc1. The fourth-order valence-corrected chi connectivity index (χ4v) is 4.82. The summed E-state index contributed by atoms with van der Waals surface area (Å²) >= 11 is 0. The molecule has 1 amide bonds. The van der Waals surface area contributed by atoms with Crippen LogP contribution in [-0.2, 0) is 0 Å². The number of aromatic carboxylic acids is 1. The maximum Gasteiger partial charge on any atom is 0.336 e. The van der Waals surface area contributed by atoms with Crippen molar-refractivity contribution < 1.29 is 28.2 Å². The lowest BCUT2D eigenvalue weighted by atomic mass is 9.93. The first-order valence-corrected chi connectivity index (χ1v) is 13.2. The number of carboxylic acid groups (broad SMARTS) is 1. The number of nitrogens with one attached hydrogen (secondary N) is 1. The van der Waals surface area contributed by atoms with E-state index in [0.29, 0.717) is 50.3 Å². The number of aryl methyl sites for hydroxylation is 4. The Kier molecular flexibility index (Phi) is 7.72. The van der Waals surface area contributed by atoms with Gasteiger partial charge in [-0.25, -0.2) is 18.6 Å². The zero-order valence-corrected chi connectivity index (χ0v) is 23.5. The number of fused-ring (bicyclic) bond motifs is 1. The maximum absolute atomic E-state index is 13.9. The van der Waals surface area contributed by atoms with Crippen molar-refractivity contribution in [1.29, 1.82) is 0 Å². The van der Waals surface area contributed by atoms with Gasteiger partial charge < -0.3 is 15.2 Å². The fourth-order valence-electron chi connectivity index (χ4n) is 4.82. The van der Waals surface area contributed by atoms with E-state index in [1.54, 1.807) is 61.5 Å². The van der Waals surface area contributed by atoms with E-state index in [-0.39, 0.29) is 11.5 Å². The molecule has 0 atom stereocenters. The van der Waals surface area contributed by atoms with Gasteiger partial charge in [0, 0.05) is 16.6 Å². The molecule has 5 aromatic rings. The molecule has 0 spiro atoms. The average Bonchev–Trinajstić information content (AvgIpc) is 2.94. The second-order valence-electron chi connectivity index (χ2n) is 10.3. The minimum absolute atomic E-state index is 0.00333. The van der Waals surface area contributed by atoms with Gasteiger partial charge in [-0.1, -0.05) is 35.4 Å². The van der Waals surface area contributed by atoms with E-state index in [1.807, 2.05) is 32.9 Å². The molecule has 1 aromatic heterocycles. The lowest BCUT2D eigenvalue weighted by Crippen LogP contribution is -2.11. The Balaban J connectivity index is 1.53. The molecule has 0 fully saturated rings. The van der Waals surface area contributed by atoms with Gasteiger partial charge in [0.2, 0.25) is 0 Å². The third kappa shape index (κ3) is 5.83. The lowest BCUT2D eigenvalue weighted by molar-refractivity contribution is 0.0697. The minimum Gasteiger partial charge on any atom is -0.478 e. The summed E-state index contributed by atoms with van der Waals surface area (Å²) in [6.07, 6.45) is -2.84. The van der Waals surface area contributed by atoms with Gasteiger partial charge in [0.05, 0.1) is 11.1 Å². The summed E-state index contributed by atoms with van der Waals surface area (Å²) < 4.78 is 34.0. The zero-order valence-electron chi connectivity index (χ0n) is 23.5. The van der Waals surface area contributed by atoms with Crippen LogP contribution in [0.1, 0.15) is 55.1 Å². The maximum atomic E-state index is 13.9. The largest absolute Gasteiger partial charge is 0.478 e. The van der Waals surface area contributed by atoms with E-state index in [2.05, 4.69) is 10.3 Å². The number of anilines is 1. The molecule has 1 heterocycles. The van der Waals surface area contributed by atoms with Gasteiger partial charge in [-0.2, -0.15) is 0 Å². The molecule has 0 radical (unpaired) electrons. The molecule has 0 aliphatic carbocycles. The monoisotopic (exact) mass is 566 g/mol. The number of ether oxygens (including phenoxy) is 1. The lowest BCUT2D eigenvalue weighted by Gasteiger charge is -2.16. The van der Waals surface area contributed by atoms with Crippen molar-refractivity contribution in [2.24, 2.45) is 0 Å². The topological polar surface area (TPSA) is 88.5 Å². The number of carbonyl (C=O) groups excluding carboxylic acids is 1. The van der Waals surface area contributed by atoms with Crippen LogP contribution in [0, 0.1) is 27.7 Å². The highest BCUT2D eigenvalue weighted by Crippen LogP contribution is 2.38. The molecule has 0 saturated carbocycles. The highest BCUT2D eigenvalue weighted by molar-refractivity contribution is 6.05. The van der Waals surface area contributed by atoms with Crippen LogP contribution in [0.25, 0.3) is 22.0 Å². The number of aromatic nitrogens is 1. The predicted molar refractivity (Wildman–Crippen MR) is 159 cm³/mol. The van der Waals surface area contributed by atoms with Gasteiger partial charge >= 0.3 is 5.97 Å². The number of pyridine rings is 1. The minimum atomic E-state index is -2.84. The number of carboxylic acids is 1. The second-order valence-corrected chi connectivity index (χ2v) is 10.3. The molecule has 212 valence electrons. The van der Waals surface area contributed by atoms with E-state index < -0.39 is 18.1 Å². The molecule has 0 bridgehead atoms. The highest BCUT2D eigenvalue weighted by atomic mass is 19.3. The van der Waals surface area contributed by atoms with Gasteiger partial charge in [-0.05, 0) is 105 Å². The highest BCUT2D eigenvalue weighted by Gasteiger charge is 2.21. The van der Waals surface area contributed by atoms with Gasteiger partial charge in [-0.15, -0.1) is 0 Å². The van der Waals surface area contributed by atoms with Crippen molar-refractivity contribution in [2.75, 3.05) is 5.32 Å². The molecular formula is C34H28F2N2O4. The number of nitrogens with zero attached hydrogens (tertiary/aromatic N) is 1. The van der Waals surface area contributed by atoms with Gasteiger partial charge in [0.15, 0.2) is 0 Å². The number of alkyl halides is 2. The Labute approximate surface area is 241 Å². The molecule has 0 aliphatic rings. The Morgan fingerprint density at radius 3 is 2.19 bits per heavy atom. The molecule has 2 N–H and O–H groups in total. The van der Waals surface area contributed by atoms with Gasteiger partial charge in [-0.3, -0.25) is 4.79 Å². The quantitative estimate of drug-likeness (QED) is 0.206. The standard InChI is InChI=1S/C34H28F2N2O4/c1-18-5-8-22(9-6-18)33(39)37-23-10-12-30(20(3)14-23)42-24-15-21(4)31-28(16-24)27(17-29(38-31)32(35)36)26-13-19(2)7-11-25(26)34(40)41/h5-17,32H,1-4H3,(H,37,39)(H,40,41). The van der Waals surface area contributed by atoms with Crippen LogP contribution in [0.2, 0.25) is 0 Å². The number of amides is 1. The third-order valence-electron chi connectivity index (χ3n) is 6.99. The van der Waals surface area contributed by atoms with E-state index >= 15 is 0 Å². The molecule has 4 aromatic carbocycles. The number of halogens is 2. The van der Waals surface area contributed by atoms with E-state index in [9.17, 15) is 23.5 Å².